The van der Waals surface area contributed by atoms with Gasteiger partial charge in [-0.3, -0.25) is 0 Å². The third-order valence-electron chi connectivity index (χ3n) is 1.59. The van der Waals surface area contributed by atoms with Crippen LogP contribution in [0.15, 0.2) is 44.2 Å². The first-order chi connectivity index (χ1) is 6.25. The SMILES string of the molecule is Brc1cccc(-c2cnc(Br)o2)c1. The summed E-state index contributed by atoms with van der Waals surface area (Å²) in [5, 5.41) is 0. The fraction of sp³-hybridized carbons (Fsp3) is 0. The summed E-state index contributed by atoms with van der Waals surface area (Å²) in [6.07, 6.45) is 1.69. The van der Waals surface area contributed by atoms with Gasteiger partial charge in [0, 0.05) is 26.0 Å². The largest absolute Gasteiger partial charge is 0.431 e. The van der Waals surface area contributed by atoms with E-state index in [1.807, 2.05) is 24.3 Å². The van der Waals surface area contributed by atoms with E-state index in [1.54, 1.807) is 6.20 Å². The van der Waals surface area contributed by atoms with Crippen LogP contribution in [0.3, 0.4) is 0 Å². The first-order valence-corrected chi connectivity index (χ1v) is 5.21. The van der Waals surface area contributed by atoms with Crippen LogP contribution in [0.4, 0.5) is 0 Å². The van der Waals surface area contributed by atoms with Gasteiger partial charge in [-0.1, -0.05) is 28.1 Å². The number of nitrogens with zero attached hydrogens (tertiary/aromatic N) is 1. The van der Waals surface area contributed by atoms with Gasteiger partial charge in [0.1, 0.15) is 0 Å². The third-order valence-corrected chi connectivity index (χ3v) is 2.45. The highest BCUT2D eigenvalue weighted by Crippen LogP contribution is 2.24. The predicted octanol–water partition coefficient (Wildman–Crippen LogP) is 3.87. The Morgan fingerprint density at radius 1 is 1.23 bits per heavy atom. The van der Waals surface area contributed by atoms with E-state index < -0.39 is 0 Å². The number of hydrogen-bond acceptors (Lipinski definition) is 2. The highest BCUT2D eigenvalue weighted by molar-refractivity contribution is 9.10. The maximum atomic E-state index is 5.31. The smallest absolute Gasteiger partial charge is 0.264 e. The van der Waals surface area contributed by atoms with E-state index in [0.717, 1.165) is 15.8 Å². The Balaban J connectivity index is 2.46. The summed E-state index contributed by atoms with van der Waals surface area (Å²) >= 11 is 6.55. The Hall–Kier alpha value is -0.610. The van der Waals surface area contributed by atoms with E-state index in [0.29, 0.717) is 4.80 Å². The highest BCUT2D eigenvalue weighted by atomic mass is 79.9. The molecule has 0 fully saturated rings. The summed E-state index contributed by atoms with van der Waals surface area (Å²) in [5.41, 5.74) is 1.01. The Morgan fingerprint density at radius 3 is 2.69 bits per heavy atom. The molecule has 0 saturated carbocycles. The fourth-order valence-corrected chi connectivity index (χ4v) is 1.70. The fourth-order valence-electron chi connectivity index (χ4n) is 1.03. The molecule has 2 rings (SSSR count). The van der Waals surface area contributed by atoms with Crippen molar-refractivity contribution in [2.24, 2.45) is 0 Å². The summed E-state index contributed by atoms with van der Waals surface area (Å²) in [6, 6.07) is 7.87. The van der Waals surface area contributed by atoms with Gasteiger partial charge in [-0.05, 0) is 12.1 Å². The molecule has 0 saturated heterocycles. The lowest BCUT2D eigenvalue weighted by Gasteiger charge is -1.95. The molecule has 2 nitrogen and oxygen atoms in total. The van der Waals surface area contributed by atoms with Crippen molar-refractivity contribution in [1.29, 1.82) is 0 Å². The molecule has 0 aliphatic heterocycles. The molecule has 1 aromatic heterocycles. The lowest BCUT2D eigenvalue weighted by molar-refractivity contribution is 0.542. The molecule has 66 valence electrons. The standard InChI is InChI=1S/C9H5Br2NO/c10-7-3-1-2-6(4-7)8-5-12-9(11)13-8/h1-5H. The number of benzene rings is 1. The summed E-state index contributed by atoms with van der Waals surface area (Å²) in [4.78, 5) is 4.46. The molecule has 1 heterocycles. The summed E-state index contributed by atoms with van der Waals surface area (Å²) in [7, 11) is 0. The van der Waals surface area contributed by atoms with Crippen LogP contribution in [-0.2, 0) is 0 Å². The predicted molar refractivity (Wildman–Crippen MR) is 57.3 cm³/mol. The molecule has 0 N–H and O–H groups in total. The van der Waals surface area contributed by atoms with Gasteiger partial charge in [-0.2, -0.15) is 0 Å². The zero-order valence-corrected chi connectivity index (χ0v) is 9.67. The van der Waals surface area contributed by atoms with Gasteiger partial charge >= 0.3 is 0 Å². The van der Waals surface area contributed by atoms with Gasteiger partial charge in [0.15, 0.2) is 5.76 Å². The molecule has 13 heavy (non-hydrogen) atoms. The van der Waals surface area contributed by atoms with Crippen LogP contribution in [0.2, 0.25) is 0 Å². The quantitative estimate of drug-likeness (QED) is 0.799. The first-order valence-electron chi connectivity index (χ1n) is 3.63. The summed E-state index contributed by atoms with van der Waals surface area (Å²) < 4.78 is 6.33. The van der Waals surface area contributed by atoms with Crippen molar-refractivity contribution >= 4 is 31.9 Å². The van der Waals surface area contributed by atoms with E-state index in [1.165, 1.54) is 0 Å². The average Bonchev–Trinajstić information content (AvgIpc) is 2.52. The Labute approximate surface area is 92.2 Å². The molecular weight excluding hydrogens is 298 g/mol. The van der Waals surface area contributed by atoms with E-state index in [9.17, 15) is 0 Å². The van der Waals surface area contributed by atoms with Gasteiger partial charge in [0.2, 0.25) is 0 Å². The normalized spacial score (nSPS) is 10.3. The minimum absolute atomic E-state index is 0.502. The Morgan fingerprint density at radius 2 is 2.08 bits per heavy atom. The number of hydrogen-bond donors (Lipinski definition) is 0. The molecule has 0 spiro atoms. The molecule has 0 atom stereocenters. The third kappa shape index (κ3) is 2.00. The minimum Gasteiger partial charge on any atom is -0.431 e. The van der Waals surface area contributed by atoms with E-state index in [4.69, 9.17) is 4.42 Å². The molecule has 0 aliphatic rings. The molecule has 2 aromatic rings. The van der Waals surface area contributed by atoms with Crippen molar-refractivity contribution in [3.05, 3.63) is 39.7 Å². The number of oxazole rings is 1. The van der Waals surface area contributed by atoms with Crippen molar-refractivity contribution < 1.29 is 4.42 Å². The van der Waals surface area contributed by atoms with E-state index in [-0.39, 0.29) is 0 Å². The highest BCUT2D eigenvalue weighted by Gasteiger charge is 2.03. The Kier molecular flexibility index (Phi) is 2.51. The first kappa shape index (κ1) is 8.97. The molecule has 0 bridgehead atoms. The lowest BCUT2D eigenvalue weighted by atomic mass is 10.2. The average molecular weight is 303 g/mol. The monoisotopic (exact) mass is 301 g/mol. The van der Waals surface area contributed by atoms with Crippen molar-refractivity contribution in [2.75, 3.05) is 0 Å². The molecule has 0 unspecified atom stereocenters. The van der Waals surface area contributed by atoms with Gasteiger partial charge in [-0.15, -0.1) is 0 Å². The minimum atomic E-state index is 0.502. The number of aromatic nitrogens is 1. The number of halogens is 2. The molecule has 0 radical (unpaired) electrons. The maximum absolute atomic E-state index is 5.31. The van der Waals surface area contributed by atoms with Crippen molar-refractivity contribution in [3.8, 4) is 11.3 Å². The molecule has 0 amide bonds. The van der Waals surface area contributed by atoms with Crippen molar-refractivity contribution in [1.82, 2.24) is 4.98 Å². The van der Waals surface area contributed by atoms with Crippen LogP contribution in [0.5, 0.6) is 0 Å². The molecular formula is C9H5Br2NO. The second-order valence-electron chi connectivity index (χ2n) is 2.49. The van der Waals surface area contributed by atoms with E-state index in [2.05, 4.69) is 36.8 Å². The second kappa shape index (κ2) is 3.64. The van der Waals surface area contributed by atoms with Crippen LogP contribution >= 0.6 is 31.9 Å². The zero-order valence-electron chi connectivity index (χ0n) is 6.50. The van der Waals surface area contributed by atoms with Crippen molar-refractivity contribution in [3.63, 3.8) is 0 Å². The van der Waals surface area contributed by atoms with Crippen LogP contribution in [0.1, 0.15) is 0 Å². The van der Waals surface area contributed by atoms with Crippen LogP contribution in [-0.4, -0.2) is 4.98 Å². The Bertz CT molecular complexity index is 425. The van der Waals surface area contributed by atoms with Crippen LogP contribution < -0.4 is 0 Å². The van der Waals surface area contributed by atoms with Gasteiger partial charge in [0.25, 0.3) is 4.80 Å². The summed E-state index contributed by atoms with van der Waals surface area (Å²) in [6.45, 7) is 0. The maximum Gasteiger partial charge on any atom is 0.264 e. The second-order valence-corrected chi connectivity index (χ2v) is 4.08. The van der Waals surface area contributed by atoms with Crippen molar-refractivity contribution in [2.45, 2.75) is 0 Å². The zero-order chi connectivity index (χ0) is 9.26. The molecule has 1 aromatic carbocycles. The van der Waals surface area contributed by atoms with Gasteiger partial charge in [0.05, 0.1) is 6.20 Å². The number of rotatable bonds is 1. The lowest BCUT2D eigenvalue weighted by Crippen LogP contribution is -1.72. The van der Waals surface area contributed by atoms with Crippen LogP contribution in [0, 0.1) is 0 Å². The van der Waals surface area contributed by atoms with E-state index >= 15 is 0 Å². The topological polar surface area (TPSA) is 26.0 Å². The molecule has 0 aliphatic carbocycles. The van der Waals surface area contributed by atoms with Gasteiger partial charge < -0.3 is 4.42 Å². The summed E-state index contributed by atoms with van der Waals surface area (Å²) in [5.74, 6) is 0.758. The molecule has 4 heteroatoms. The van der Waals surface area contributed by atoms with Crippen LogP contribution in [0.25, 0.3) is 11.3 Å². The van der Waals surface area contributed by atoms with Gasteiger partial charge in [-0.25, -0.2) is 4.98 Å².